The molecule has 176 valence electrons. The van der Waals surface area contributed by atoms with Gasteiger partial charge in [0, 0.05) is 33.9 Å². The minimum absolute atomic E-state index is 0.0934. The Morgan fingerprint density at radius 2 is 0.886 bits per heavy atom. The van der Waals surface area contributed by atoms with Crippen LogP contribution in [0.5, 0.6) is 0 Å². The fourth-order valence-electron chi connectivity index (χ4n) is 5.83. The van der Waals surface area contributed by atoms with Gasteiger partial charge in [-0.05, 0) is 93.6 Å². The number of aryl methyl sites for hydroxylation is 6. The largest absolute Gasteiger partial charge is 0.358 e. The molecule has 0 spiro atoms. The first kappa shape index (κ1) is 23.0. The van der Waals surface area contributed by atoms with Crippen LogP contribution in [-0.2, 0) is 0 Å². The lowest BCUT2D eigenvalue weighted by Crippen LogP contribution is -2.05. The lowest BCUT2D eigenvalue weighted by molar-refractivity contribution is 0.899. The van der Waals surface area contributed by atoms with E-state index in [2.05, 4.69) is 130 Å². The second-order valence-electron chi connectivity index (χ2n) is 10.0. The molecular formula is C33H34N2. The monoisotopic (exact) mass is 458 g/mol. The van der Waals surface area contributed by atoms with Gasteiger partial charge in [0.1, 0.15) is 0 Å². The lowest BCUT2D eigenvalue weighted by atomic mass is 9.93. The molecule has 0 atom stereocenters. The molecule has 0 aliphatic rings. The van der Waals surface area contributed by atoms with Crippen molar-refractivity contribution in [2.24, 2.45) is 0 Å². The molecule has 2 N–H and O–H groups in total. The molecule has 0 unspecified atom stereocenters. The van der Waals surface area contributed by atoms with E-state index in [0.717, 1.165) is 0 Å². The van der Waals surface area contributed by atoms with Crippen LogP contribution in [-0.4, -0.2) is 9.97 Å². The zero-order chi connectivity index (χ0) is 24.7. The number of aromatic amines is 2. The quantitative estimate of drug-likeness (QED) is 0.264. The summed E-state index contributed by atoms with van der Waals surface area (Å²) >= 11 is 0. The van der Waals surface area contributed by atoms with Crippen LogP contribution in [0.4, 0.5) is 0 Å². The second-order valence-corrected chi connectivity index (χ2v) is 10.0. The fraction of sp³-hybridized carbons (Fsp3) is 0.212. The summed E-state index contributed by atoms with van der Waals surface area (Å²) in [6, 6.07) is 28.8. The first-order valence-electron chi connectivity index (χ1n) is 12.4. The van der Waals surface area contributed by atoms with Gasteiger partial charge in [0.15, 0.2) is 0 Å². The molecule has 0 amide bonds. The maximum Gasteiger partial charge on any atom is 0.0641 e. The van der Waals surface area contributed by atoms with Crippen molar-refractivity contribution in [2.75, 3.05) is 0 Å². The Balaban J connectivity index is 1.61. The van der Waals surface area contributed by atoms with E-state index in [1.807, 2.05) is 0 Å². The minimum Gasteiger partial charge on any atom is -0.358 e. The minimum atomic E-state index is 0.0934. The van der Waals surface area contributed by atoms with E-state index >= 15 is 0 Å². The summed E-state index contributed by atoms with van der Waals surface area (Å²) in [5.74, 6) is 0.0934. The van der Waals surface area contributed by atoms with Crippen molar-refractivity contribution < 1.29 is 0 Å². The van der Waals surface area contributed by atoms with E-state index in [1.54, 1.807) is 0 Å². The molecule has 0 aliphatic heterocycles. The van der Waals surface area contributed by atoms with Crippen LogP contribution in [0.15, 0.2) is 78.9 Å². The smallest absolute Gasteiger partial charge is 0.0641 e. The van der Waals surface area contributed by atoms with Gasteiger partial charge in [-0.2, -0.15) is 0 Å². The first-order chi connectivity index (χ1) is 16.8. The van der Waals surface area contributed by atoms with Crippen LogP contribution in [0, 0.1) is 41.5 Å². The first-order valence-corrected chi connectivity index (χ1v) is 12.4. The van der Waals surface area contributed by atoms with Crippen molar-refractivity contribution >= 4 is 0 Å². The molecule has 5 rings (SSSR count). The summed E-state index contributed by atoms with van der Waals surface area (Å²) in [4.78, 5) is 7.57. The van der Waals surface area contributed by atoms with E-state index in [4.69, 9.17) is 0 Å². The Hall–Kier alpha value is -3.78. The second kappa shape index (κ2) is 9.11. The third-order valence-corrected chi connectivity index (χ3v) is 7.06. The fourth-order valence-corrected chi connectivity index (χ4v) is 5.83. The summed E-state index contributed by atoms with van der Waals surface area (Å²) in [5, 5.41) is 0. The number of aromatic nitrogens is 2. The van der Waals surface area contributed by atoms with Crippen molar-refractivity contribution in [3.05, 3.63) is 129 Å². The van der Waals surface area contributed by atoms with Gasteiger partial charge in [-0.1, -0.05) is 65.7 Å². The van der Waals surface area contributed by atoms with Gasteiger partial charge in [-0.25, -0.2) is 0 Å². The molecule has 2 nitrogen and oxygen atoms in total. The number of hydrogen-bond donors (Lipinski definition) is 2. The van der Waals surface area contributed by atoms with Crippen molar-refractivity contribution in [3.8, 4) is 22.5 Å². The van der Waals surface area contributed by atoms with Crippen molar-refractivity contribution in [1.29, 1.82) is 0 Å². The summed E-state index contributed by atoms with van der Waals surface area (Å²) in [6.07, 6.45) is 0. The van der Waals surface area contributed by atoms with Gasteiger partial charge >= 0.3 is 0 Å². The summed E-state index contributed by atoms with van der Waals surface area (Å²) in [7, 11) is 0. The molecule has 5 aromatic rings. The predicted molar refractivity (Wildman–Crippen MR) is 148 cm³/mol. The Morgan fingerprint density at radius 1 is 0.486 bits per heavy atom. The van der Waals surface area contributed by atoms with E-state index in [9.17, 15) is 0 Å². The highest BCUT2D eigenvalue weighted by Crippen LogP contribution is 2.36. The molecule has 3 aromatic carbocycles. The van der Waals surface area contributed by atoms with Gasteiger partial charge in [-0.15, -0.1) is 0 Å². The maximum absolute atomic E-state index is 3.79. The number of H-pyrrole nitrogens is 2. The van der Waals surface area contributed by atoms with Gasteiger partial charge in [-0.3, -0.25) is 0 Å². The third-order valence-electron chi connectivity index (χ3n) is 7.06. The molecule has 0 radical (unpaired) electrons. The SMILES string of the molecule is Cc1cc(C)c(-c2ccc(C(c3ccccc3)c3ccc(-c4c(C)cc(C)cc4C)[nH]3)[nH]2)c(C)c1. The topological polar surface area (TPSA) is 31.6 Å². The highest BCUT2D eigenvalue weighted by molar-refractivity contribution is 5.70. The molecule has 0 bridgehead atoms. The number of hydrogen-bond acceptors (Lipinski definition) is 0. The molecule has 0 saturated carbocycles. The van der Waals surface area contributed by atoms with Crippen LogP contribution in [0.1, 0.15) is 56.2 Å². The van der Waals surface area contributed by atoms with Crippen LogP contribution >= 0.6 is 0 Å². The molecule has 0 fully saturated rings. The zero-order valence-corrected chi connectivity index (χ0v) is 21.6. The molecule has 2 heterocycles. The number of benzene rings is 3. The van der Waals surface area contributed by atoms with Gasteiger partial charge < -0.3 is 9.97 Å². The Kier molecular flexibility index (Phi) is 5.98. The predicted octanol–water partition coefficient (Wildman–Crippen LogP) is 8.71. The average Bonchev–Trinajstić information content (AvgIpc) is 3.44. The maximum atomic E-state index is 3.79. The van der Waals surface area contributed by atoms with E-state index in [1.165, 1.54) is 72.8 Å². The van der Waals surface area contributed by atoms with E-state index in [-0.39, 0.29) is 5.92 Å². The molecule has 35 heavy (non-hydrogen) atoms. The average molecular weight is 459 g/mol. The Bertz CT molecular complexity index is 1360. The highest BCUT2D eigenvalue weighted by Gasteiger charge is 2.22. The standard InChI is InChI=1S/C33H34N2/c1-20-16-22(3)31(23(4)17-20)27-12-14-29(34-27)33(26-10-8-7-9-11-26)30-15-13-28(35-30)32-24(5)18-21(2)19-25(32)6/h7-19,33-35H,1-6H3. The van der Waals surface area contributed by atoms with Crippen LogP contribution < -0.4 is 0 Å². The molecular weight excluding hydrogens is 424 g/mol. The van der Waals surface area contributed by atoms with Crippen molar-refractivity contribution in [2.45, 2.75) is 47.5 Å². The summed E-state index contributed by atoms with van der Waals surface area (Å²) in [5.41, 5.74) is 16.4. The number of rotatable bonds is 5. The summed E-state index contributed by atoms with van der Waals surface area (Å²) in [6.45, 7) is 13.1. The van der Waals surface area contributed by atoms with Crippen LogP contribution in [0.3, 0.4) is 0 Å². The molecule has 0 saturated heterocycles. The number of nitrogens with one attached hydrogen (secondary N) is 2. The molecule has 2 heteroatoms. The van der Waals surface area contributed by atoms with E-state index < -0.39 is 0 Å². The summed E-state index contributed by atoms with van der Waals surface area (Å²) < 4.78 is 0. The van der Waals surface area contributed by atoms with Crippen LogP contribution in [0.2, 0.25) is 0 Å². The Morgan fingerprint density at radius 3 is 1.29 bits per heavy atom. The Labute approximate surface area is 209 Å². The van der Waals surface area contributed by atoms with Gasteiger partial charge in [0.2, 0.25) is 0 Å². The van der Waals surface area contributed by atoms with Crippen molar-refractivity contribution in [1.82, 2.24) is 9.97 Å². The van der Waals surface area contributed by atoms with Gasteiger partial charge in [0.25, 0.3) is 0 Å². The van der Waals surface area contributed by atoms with Crippen LogP contribution in [0.25, 0.3) is 22.5 Å². The molecule has 0 aliphatic carbocycles. The van der Waals surface area contributed by atoms with Crippen molar-refractivity contribution in [3.63, 3.8) is 0 Å². The lowest BCUT2D eigenvalue weighted by Gasteiger charge is -2.17. The van der Waals surface area contributed by atoms with E-state index in [0.29, 0.717) is 0 Å². The molecule has 2 aromatic heterocycles. The zero-order valence-electron chi connectivity index (χ0n) is 21.6. The third kappa shape index (κ3) is 4.37. The normalized spacial score (nSPS) is 11.4. The van der Waals surface area contributed by atoms with Gasteiger partial charge in [0.05, 0.1) is 5.92 Å². The highest BCUT2D eigenvalue weighted by atomic mass is 14.8.